The molecule has 0 spiro atoms. The molecule has 0 aromatic heterocycles. The predicted octanol–water partition coefficient (Wildman–Crippen LogP) is 1.96. The maximum absolute atomic E-state index is 13.0. The van der Waals surface area contributed by atoms with Crippen molar-refractivity contribution in [2.24, 2.45) is 0 Å². The first-order valence-electron chi connectivity index (χ1n) is 10.8. The van der Waals surface area contributed by atoms with E-state index in [9.17, 15) is 24.0 Å². The first-order valence-corrected chi connectivity index (χ1v) is 12.0. The normalized spacial score (nSPS) is 17.9. The fourth-order valence-corrected chi connectivity index (χ4v) is 4.28. The van der Waals surface area contributed by atoms with E-state index in [0.29, 0.717) is 25.2 Å². The number of rotatable bonds is 11. The number of amides is 5. The van der Waals surface area contributed by atoms with Crippen LogP contribution in [0.2, 0.25) is 0 Å². The number of nitrogens with one attached hydrogen (secondary N) is 3. The molecule has 1 unspecified atom stereocenters. The lowest BCUT2D eigenvalue weighted by Crippen LogP contribution is -2.54. The van der Waals surface area contributed by atoms with E-state index < -0.39 is 29.7 Å². The van der Waals surface area contributed by atoms with Gasteiger partial charge < -0.3 is 10.6 Å². The van der Waals surface area contributed by atoms with Crippen molar-refractivity contribution in [1.82, 2.24) is 15.5 Å². The number of imide groups is 2. The highest BCUT2D eigenvalue weighted by Crippen LogP contribution is 2.32. The predicted molar refractivity (Wildman–Crippen MR) is 121 cm³/mol. The summed E-state index contributed by atoms with van der Waals surface area (Å²) in [6.45, 7) is 0.758. The van der Waals surface area contributed by atoms with Gasteiger partial charge in [-0.05, 0) is 31.4 Å². The van der Waals surface area contributed by atoms with Gasteiger partial charge in [0.15, 0.2) is 0 Å². The van der Waals surface area contributed by atoms with Crippen LogP contribution in [-0.2, 0) is 14.4 Å². The molecule has 5 amide bonds. The fraction of sp³-hybridized carbons (Fsp3) is 0.500. The Morgan fingerprint density at radius 1 is 1.06 bits per heavy atom. The van der Waals surface area contributed by atoms with E-state index >= 15 is 0 Å². The van der Waals surface area contributed by atoms with Gasteiger partial charge in [-0.1, -0.05) is 34.8 Å². The van der Waals surface area contributed by atoms with Crippen molar-refractivity contribution in [2.75, 3.05) is 23.7 Å². The fourth-order valence-electron chi connectivity index (χ4n) is 3.88. The van der Waals surface area contributed by atoms with Crippen LogP contribution in [0.25, 0.3) is 0 Å². The van der Waals surface area contributed by atoms with Crippen LogP contribution in [0.3, 0.4) is 0 Å². The number of hydrogen-bond donors (Lipinski definition) is 3. The molecule has 2 heterocycles. The summed E-state index contributed by atoms with van der Waals surface area (Å²) in [6, 6.07) is 3.89. The molecule has 0 radical (unpaired) electrons. The van der Waals surface area contributed by atoms with Gasteiger partial charge in [0.25, 0.3) is 11.8 Å². The van der Waals surface area contributed by atoms with Gasteiger partial charge >= 0.3 is 0 Å². The molecule has 1 aromatic rings. The maximum atomic E-state index is 13.0. The largest absolute Gasteiger partial charge is 0.383 e. The summed E-state index contributed by atoms with van der Waals surface area (Å²) in [4.78, 5) is 62.3. The summed E-state index contributed by atoms with van der Waals surface area (Å²) in [5.74, 6) is -2.17. The third-order valence-electron chi connectivity index (χ3n) is 5.52. The van der Waals surface area contributed by atoms with Crippen LogP contribution >= 0.6 is 15.9 Å². The summed E-state index contributed by atoms with van der Waals surface area (Å²) < 4.78 is 0. The minimum atomic E-state index is -0.998. The third-order valence-corrected chi connectivity index (χ3v) is 6.08. The van der Waals surface area contributed by atoms with Gasteiger partial charge in [0.05, 0.1) is 11.1 Å². The first-order chi connectivity index (χ1) is 15.4. The smallest absolute Gasteiger partial charge is 0.264 e. The molecule has 1 atom stereocenters. The molecule has 0 saturated carbocycles. The molecule has 9 nitrogen and oxygen atoms in total. The van der Waals surface area contributed by atoms with E-state index in [0.717, 1.165) is 35.9 Å². The number of carbonyl (C=O) groups excluding carboxylic acids is 5. The third kappa shape index (κ3) is 5.53. The summed E-state index contributed by atoms with van der Waals surface area (Å²) in [5.41, 5.74) is 0.900. The number of nitrogens with zero attached hydrogens (tertiary/aromatic N) is 1. The second kappa shape index (κ2) is 11.2. The second-order valence-electron chi connectivity index (χ2n) is 7.81. The van der Waals surface area contributed by atoms with Crippen LogP contribution < -0.4 is 16.0 Å². The quantitative estimate of drug-likeness (QED) is 0.239. The molecular weight excluding hydrogens is 480 g/mol. The monoisotopic (exact) mass is 506 g/mol. The van der Waals surface area contributed by atoms with E-state index in [1.807, 2.05) is 0 Å². The summed E-state index contributed by atoms with van der Waals surface area (Å²) in [5, 5.41) is 9.11. The molecular formula is C22H27BrN4O5. The summed E-state index contributed by atoms with van der Waals surface area (Å²) in [7, 11) is 0. The number of hydrogen-bond acceptors (Lipinski definition) is 6. The minimum absolute atomic E-state index is 0.0146. The topological polar surface area (TPSA) is 125 Å². The van der Waals surface area contributed by atoms with Crippen molar-refractivity contribution in [1.29, 1.82) is 0 Å². The average molecular weight is 507 g/mol. The van der Waals surface area contributed by atoms with Gasteiger partial charge in [-0.25, -0.2) is 0 Å². The second-order valence-corrected chi connectivity index (χ2v) is 8.60. The number of piperidine rings is 1. The SMILES string of the molecule is O=C(CCCCCCBr)NCCNc1cccc2c1C(=O)N(C1CCC(=O)NC1=O)C2=O. The summed E-state index contributed by atoms with van der Waals surface area (Å²) >= 11 is 3.39. The molecule has 1 fully saturated rings. The van der Waals surface area contributed by atoms with Gasteiger partial charge in [-0.3, -0.25) is 34.2 Å². The van der Waals surface area contributed by atoms with Crippen molar-refractivity contribution in [3.8, 4) is 0 Å². The van der Waals surface area contributed by atoms with E-state index in [1.165, 1.54) is 0 Å². The lowest BCUT2D eigenvalue weighted by Gasteiger charge is -2.27. The highest BCUT2D eigenvalue weighted by atomic mass is 79.9. The molecule has 172 valence electrons. The average Bonchev–Trinajstić information content (AvgIpc) is 3.02. The highest BCUT2D eigenvalue weighted by Gasteiger charge is 2.45. The molecule has 3 N–H and O–H groups in total. The van der Waals surface area contributed by atoms with E-state index in [2.05, 4.69) is 31.9 Å². The lowest BCUT2D eigenvalue weighted by atomic mass is 10.0. The number of benzene rings is 1. The first kappa shape index (κ1) is 23.9. The molecule has 2 aliphatic heterocycles. The molecule has 32 heavy (non-hydrogen) atoms. The Morgan fingerprint density at radius 2 is 1.84 bits per heavy atom. The van der Waals surface area contributed by atoms with Gasteiger partial charge in [-0.2, -0.15) is 0 Å². The Balaban J connectivity index is 1.54. The van der Waals surface area contributed by atoms with Crippen LogP contribution in [0.1, 0.15) is 65.7 Å². The van der Waals surface area contributed by atoms with Crippen LogP contribution in [0.5, 0.6) is 0 Å². The lowest BCUT2D eigenvalue weighted by molar-refractivity contribution is -0.136. The Bertz CT molecular complexity index is 920. The molecule has 1 saturated heterocycles. The molecule has 0 bridgehead atoms. The zero-order chi connectivity index (χ0) is 23.1. The Kier molecular flexibility index (Phi) is 8.38. The molecule has 0 aliphatic carbocycles. The van der Waals surface area contributed by atoms with E-state index in [4.69, 9.17) is 0 Å². The number of anilines is 1. The Morgan fingerprint density at radius 3 is 2.59 bits per heavy atom. The van der Waals surface area contributed by atoms with Crippen LogP contribution in [0.15, 0.2) is 18.2 Å². The number of unbranched alkanes of at least 4 members (excludes halogenated alkanes) is 3. The van der Waals surface area contributed by atoms with E-state index in [1.54, 1.807) is 18.2 Å². The van der Waals surface area contributed by atoms with Gasteiger partial charge in [0.2, 0.25) is 17.7 Å². The molecule has 3 rings (SSSR count). The number of halogens is 1. The number of carbonyl (C=O) groups is 5. The van der Waals surface area contributed by atoms with Crippen molar-refractivity contribution >= 4 is 51.2 Å². The highest BCUT2D eigenvalue weighted by molar-refractivity contribution is 9.09. The molecule has 2 aliphatic rings. The summed E-state index contributed by atoms with van der Waals surface area (Å²) in [6.07, 6.45) is 4.75. The number of alkyl halides is 1. The van der Waals surface area contributed by atoms with Crippen molar-refractivity contribution in [2.45, 2.75) is 51.0 Å². The molecule has 1 aromatic carbocycles. The minimum Gasteiger partial charge on any atom is -0.383 e. The van der Waals surface area contributed by atoms with Crippen LogP contribution in [0, 0.1) is 0 Å². The van der Waals surface area contributed by atoms with Crippen molar-refractivity contribution in [3.05, 3.63) is 29.3 Å². The molecule has 10 heteroatoms. The Labute approximate surface area is 194 Å². The maximum Gasteiger partial charge on any atom is 0.264 e. The van der Waals surface area contributed by atoms with Gasteiger partial charge in [0.1, 0.15) is 6.04 Å². The standard InChI is InChI=1S/C22H27BrN4O5/c23-11-4-2-1-3-8-17(28)25-13-12-24-15-7-5-6-14-19(15)22(32)27(21(14)31)16-9-10-18(29)26-20(16)30/h5-7,16,24H,1-4,8-13H2,(H,25,28)(H,26,29,30). The zero-order valence-electron chi connectivity index (χ0n) is 17.7. The van der Waals surface area contributed by atoms with Crippen molar-refractivity contribution < 1.29 is 24.0 Å². The van der Waals surface area contributed by atoms with Crippen molar-refractivity contribution in [3.63, 3.8) is 0 Å². The van der Waals surface area contributed by atoms with Gasteiger partial charge in [0, 0.05) is 36.9 Å². The zero-order valence-corrected chi connectivity index (χ0v) is 19.3. The number of fused-ring (bicyclic) bond motifs is 1. The van der Waals surface area contributed by atoms with Gasteiger partial charge in [-0.15, -0.1) is 0 Å². The Hall–Kier alpha value is -2.75. The van der Waals surface area contributed by atoms with Crippen LogP contribution in [0.4, 0.5) is 5.69 Å². The van der Waals surface area contributed by atoms with Crippen LogP contribution in [-0.4, -0.2) is 58.9 Å². The van der Waals surface area contributed by atoms with E-state index in [-0.39, 0.29) is 29.9 Å².